The summed E-state index contributed by atoms with van der Waals surface area (Å²) < 4.78 is 21.4. The molecular weight excluding hydrogens is 532 g/mol. The largest absolute Gasteiger partial charge is 0.504 e. The van der Waals surface area contributed by atoms with E-state index in [4.69, 9.17) is 18.9 Å². The molecule has 4 rings (SSSR count). The van der Waals surface area contributed by atoms with Gasteiger partial charge < -0.3 is 49.6 Å². The maximum Gasteiger partial charge on any atom is 0.364 e. The first-order chi connectivity index (χ1) is 19.0. The number of carbonyl (C=O) groups is 3. The van der Waals surface area contributed by atoms with Gasteiger partial charge in [-0.3, -0.25) is 0 Å². The van der Waals surface area contributed by atoms with Crippen molar-refractivity contribution in [1.29, 1.82) is 0 Å². The molecule has 2 fully saturated rings. The number of phenols is 4. The molecule has 0 spiro atoms. The summed E-state index contributed by atoms with van der Waals surface area (Å²) >= 11 is 0. The van der Waals surface area contributed by atoms with E-state index in [0.29, 0.717) is 11.1 Å². The fraction of sp³-hybridized carbons (Fsp3) is 0.296. The molecular formula is C27H26O13. The summed E-state index contributed by atoms with van der Waals surface area (Å²) in [6.45, 7) is -0.812. The first-order valence-electron chi connectivity index (χ1n) is 12.0. The Labute approximate surface area is 226 Å². The lowest BCUT2D eigenvalue weighted by atomic mass is 9.88. The van der Waals surface area contributed by atoms with Gasteiger partial charge in [0.05, 0.1) is 12.7 Å². The zero-order valence-corrected chi connectivity index (χ0v) is 20.7. The van der Waals surface area contributed by atoms with Crippen LogP contribution in [0.1, 0.15) is 17.5 Å². The Morgan fingerprint density at radius 1 is 0.825 bits per heavy atom. The highest BCUT2D eigenvalue weighted by molar-refractivity contribution is 5.87. The number of aliphatic hydroxyl groups is 1. The predicted octanol–water partition coefficient (Wildman–Crippen LogP) is 1.27. The van der Waals surface area contributed by atoms with Crippen molar-refractivity contribution >= 4 is 30.1 Å². The third-order valence-corrected chi connectivity index (χ3v) is 6.36. The SMILES string of the molecule is O=C(/C=C/c1ccc(O)c(O)c1)OCC1CC2(C(=O)O)OC(COC(=O)/C=C/c3ccc(O)c(O)c3)C(O2)C1O. The lowest BCUT2D eigenvalue weighted by molar-refractivity contribution is -0.239. The van der Waals surface area contributed by atoms with Crippen LogP contribution in [0.4, 0.5) is 0 Å². The van der Waals surface area contributed by atoms with E-state index in [1.807, 2.05) is 0 Å². The number of esters is 2. The summed E-state index contributed by atoms with van der Waals surface area (Å²) in [5, 5.41) is 58.3. The van der Waals surface area contributed by atoms with E-state index < -0.39 is 54.5 Å². The number of aliphatic carboxylic acids is 1. The Bertz CT molecular complexity index is 1270. The maximum absolute atomic E-state index is 12.2. The van der Waals surface area contributed by atoms with Crippen LogP contribution in [0, 0.1) is 5.92 Å². The van der Waals surface area contributed by atoms with Gasteiger partial charge in [-0.1, -0.05) is 12.1 Å². The van der Waals surface area contributed by atoms with Gasteiger partial charge in [0.2, 0.25) is 0 Å². The van der Waals surface area contributed by atoms with Crippen molar-refractivity contribution in [1.82, 2.24) is 0 Å². The van der Waals surface area contributed by atoms with E-state index in [-0.39, 0.29) is 36.0 Å². The predicted molar refractivity (Wildman–Crippen MR) is 134 cm³/mol. The zero-order valence-electron chi connectivity index (χ0n) is 20.7. The van der Waals surface area contributed by atoms with Crippen LogP contribution >= 0.6 is 0 Å². The highest BCUT2D eigenvalue weighted by Gasteiger charge is 2.62. The number of fused-ring (bicyclic) bond motifs is 2. The van der Waals surface area contributed by atoms with Crippen molar-refractivity contribution < 1.29 is 64.0 Å². The van der Waals surface area contributed by atoms with Gasteiger partial charge in [0.25, 0.3) is 5.79 Å². The Hall–Kier alpha value is -4.59. The molecule has 2 aromatic carbocycles. The van der Waals surface area contributed by atoms with Crippen molar-refractivity contribution in [2.75, 3.05) is 13.2 Å². The molecule has 0 radical (unpaired) electrons. The number of benzene rings is 2. The first-order valence-corrected chi connectivity index (χ1v) is 12.0. The normalized spacial score (nSPS) is 25.7. The van der Waals surface area contributed by atoms with E-state index in [1.54, 1.807) is 0 Å². The van der Waals surface area contributed by atoms with Gasteiger partial charge in [0.1, 0.15) is 18.8 Å². The smallest absolute Gasteiger partial charge is 0.364 e. The lowest BCUT2D eigenvalue weighted by Gasteiger charge is -2.36. The fourth-order valence-corrected chi connectivity index (χ4v) is 4.30. The van der Waals surface area contributed by atoms with Crippen LogP contribution in [0.5, 0.6) is 23.0 Å². The number of rotatable bonds is 9. The van der Waals surface area contributed by atoms with Gasteiger partial charge in [-0.15, -0.1) is 0 Å². The van der Waals surface area contributed by atoms with Crippen LogP contribution in [-0.2, 0) is 33.3 Å². The third-order valence-electron chi connectivity index (χ3n) is 6.36. The van der Waals surface area contributed by atoms with E-state index in [2.05, 4.69) is 0 Å². The van der Waals surface area contributed by atoms with Crippen molar-refractivity contribution in [2.24, 2.45) is 5.92 Å². The number of carbonyl (C=O) groups excluding carboxylic acids is 2. The standard InChI is InChI=1S/C27H26O13/c28-17-5-1-14(9-19(17)30)3-7-22(32)37-12-16-11-27(26(35)36)39-21(25(40-27)24(16)34)13-38-23(33)8-4-15-2-6-18(29)20(31)10-15/h1-10,16,21,24-25,28-31,34H,11-13H2,(H,35,36)/b7-3+,8-4+. The highest BCUT2D eigenvalue weighted by Crippen LogP contribution is 2.43. The number of aliphatic hydroxyl groups excluding tert-OH is 1. The average Bonchev–Trinajstić information content (AvgIpc) is 3.25. The minimum atomic E-state index is -2.14. The molecule has 5 unspecified atom stereocenters. The molecule has 40 heavy (non-hydrogen) atoms. The summed E-state index contributed by atoms with van der Waals surface area (Å²) in [4.78, 5) is 36.3. The third kappa shape index (κ3) is 6.34. The highest BCUT2D eigenvalue weighted by atomic mass is 16.8. The quantitative estimate of drug-likeness (QED) is 0.146. The van der Waals surface area contributed by atoms with Gasteiger partial charge in [-0.2, -0.15) is 0 Å². The number of hydrogen-bond acceptors (Lipinski definition) is 12. The Kier molecular flexibility index (Phi) is 8.28. The molecule has 2 saturated heterocycles. The molecule has 212 valence electrons. The second-order valence-corrected chi connectivity index (χ2v) is 9.17. The Morgan fingerprint density at radius 2 is 1.35 bits per heavy atom. The second-order valence-electron chi connectivity index (χ2n) is 9.17. The molecule has 2 aliphatic heterocycles. The monoisotopic (exact) mass is 558 g/mol. The molecule has 2 aliphatic rings. The van der Waals surface area contributed by atoms with E-state index in [0.717, 1.165) is 12.2 Å². The average molecular weight is 558 g/mol. The lowest BCUT2D eigenvalue weighted by Crippen LogP contribution is -2.52. The molecule has 5 atom stereocenters. The van der Waals surface area contributed by atoms with Crippen molar-refractivity contribution in [3.63, 3.8) is 0 Å². The van der Waals surface area contributed by atoms with Crippen molar-refractivity contribution in [3.05, 3.63) is 59.7 Å². The molecule has 0 aromatic heterocycles. The van der Waals surface area contributed by atoms with Crippen molar-refractivity contribution in [2.45, 2.75) is 30.5 Å². The van der Waals surface area contributed by atoms with Crippen molar-refractivity contribution in [3.8, 4) is 23.0 Å². The van der Waals surface area contributed by atoms with Crippen LogP contribution in [-0.4, -0.2) is 85.9 Å². The van der Waals surface area contributed by atoms with Gasteiger partial charge >= 0.3 is 17.9 Å². The van der Waals surface area contributed by atoms with Gasteiger partial charge in [-0.25, -0.2) is 14.4 Å². The van der Waals surface area contributed by atoms with Gasteiger partial charge in [-0.05, 0) is 47.5 Å². The van der Waals surface area contributed by atoms with Gasteiger partial charge in [0, 0.05) is 24.5 Å². The van der Waals surface area contributed by atoms with Gasteiger partial charge in [0.15, 0.2) is 23.0 Å². The molecule has 0 amide bonds. The number of carboxylic acid groups (broad SMARTS) is 1. The van der Waals surface area contributed by atoms with Crippen LogP contribution < -0.4 is 0 Å². The van der Waals surface area contributed by atoms with Crippen LogP contribution in [0.15, 0.2) is 48.6 Å². The minimum absolute atomic E-state index is 0.322. The van der Waals surface area contributed by atoms with E-state index in [9.17, 15) is 45.0 Å². The van der Waals surface area contributed by atoms with Crippen LogP contribution in [0.2, 0.25) is 0 Å². The van der Waals surface area contributed by atoms with Crippen LogP contribution in [0.3, 0.4) is 0 Å². The van der Waals surface area contributed by atoms with E-state index >= 15 is 0 Å². The molecule has 13 nitrogen and oxygen atoms in total. The first kappa shape index (κ1) is 28.4. The molecule has 6 N–H and O–H groups in total. The topological polar surface area (TPSA) is 210 Å². The number of ether oxygens (including phenoxy) is 4. The summed E-state index contributed by atoms with van der Waals surface area (Å²) in [5.41, 5.74) is 0.806. The molecule has 2 heterocycles. The van der Waals surface area contributed by atoms with Crippen LogP contribution in [0.25, 0.3) is 12.2 Å². The molecule has 13 heteroatoms. The number of carboxylic acids is 1. The Balaban J connectivity index is 1.34. The fourth-order valence-electron chi connectivity index (χ4n) is 4.30. The zero-order chi connectivity index (χ0) is 29.0. The minimum Gasteiger partial charge on any atom is -0.504 e. The molecule has 0 aliphatic carbocycles. The summed E-state index contributed by atoms with van der Waals surface area (Å²) in [6, 6.07) is 7.84. The summed E-state index contributed by atoms with van der Waals surface area (Å²) in [7, 11) is 0. The molecule has 2 bridgehead atoms. The Morgan fingerprint density at radius 3 is 1.85 bits per heavy atom. The maximum atomic E-state index is 12.2. The number of hydrogen-bond donors (Lipinski definition) is 6. The van der Waals surface area contributed by atoms with E-state index in [1.165, 1.54) is 48.6 Å². The summed E-state index contributed by atoms with van der Waals surface area (Å²) in [6.07, 6.45) is 0.757. The molecule has 0 saturated carbocycles. The summed E-state index contributed by atoms with van der Waals surface area (Å²) in [5.74, 6) is -7.51. The molecule has 2 aromatic rings. The number of phenolic OH excluding ortho intramolecular Hbond substituents is 4. The number of aromatic hydroxyl groups is 4. The second kappa shape index (κ2) is 11.7.